The average molecular weight is 253 g/mol. The number of hydrogen-bond acceptors (Lipinski definition) is 3. The highest BCUT2D eigenvalue weighted by Gasteiger charge is 2.53. The van der Waals surface area contributed by atoms with Crippen LogP contribution in [0.15, 0.2) is 0 Å². The Morgan fingerprint density at radius 1 is 1.44 bits per heavy atom. The Morgan fingerprint density at radius 2 is 2.17 bits per heavy atom. The molecule has 2 rings (SSSR count). The minimum Gasteiger partial charge on any atom is -0.464 e. The van der Waals surface area contributed by atoms with Gasteiger partial charge >= 0.3 is 5.97 Å². The number of nitrogens with one attached hydrogen (secondary N) is 1. The molecular formula is C14H23NO3. The molecule has 1 N–H and O–H groups in total. The lowest BCUT2D eigenvalue weighted by Gasteiger charge is -2.42. The summed E-state index contributed by atoms with van der Waals surface area (Å²) in [4.78, 5) is 23.7. The molecule has 2 fully saturated rings. The van der Waals surface area contributed by atoms with Crippen molar-refractivity contribution in [1.82, 2.24) is 5.32 Å². The third-order valence-electron chi connectivity index (χ3n) is 4.75. The minimum atomic E-state index is -0.431. The molecule has 2 aliphatic rings. The van der Waals surface area contributed by atoms with Gasteiger partial charge in [0.1, 0.15) is 6.04 Å². The smallest absolute Gasteiger partial charge is 0.329 e. The Labute approximate surface area is 108 Å². The zero-order valence-corrected chi connectivity index (χ0v) is 11.5. The Morgan fingerprint density at radius 3 is 2.78 bits per heavy atom. The van der Waals surface area contributed by atoms with Gasteiger partial charge < -0.3 is 10.1 Å². The normalized spacial score (nSPS) is 39.7. The Kier molecular flexibility index (Phi) is 3.64. The van der Waals surface area contributed by atoms with Crippen LogP contribution in [0.1, 0.15) is 46.5 Å². The van der Waals surface area contributed by atoms with Crippen LogP contribution in [0, 0.1) is 17.3 Å². The molecule has 0 aromatic heterocycles. The van der Waals surface area contributed by atoms with Crippen molar-refractivity contribution in [3.8, 4) is 0 Å². The predicted molar refractivity (Wildman–Crippen MR) is 67.8 cm³/mol. The summed E-state index contributed by atoms with van der Waals surface area (Å²) in [6, 6.07) is -0.431. The van der Waals surface area contributed by atoms with Crippen molar-refractivity contribution < 1.29 is 14.3 Å². The lowest BCUT2D eigenvalue weighted by Crippen LogP contribution is -2.47. The van der Waals surface area contributed by atoms with Gasteiger partial charge in [0, 0.05) is 11.8 Å². The molecule has 0 aromatic rings. The number of amides is 1. The maximum absolute atomic E-state index is 12.0. The molecule has 1 saturated heterocycles. The first-order valence-electron chi connectivity index (χ1n) is 6.94. The molecule has 1 aliphatic carbocycles. The summed E-state index contributed by atoms with van der Waals surface area (Å²) in [6.07, 6.45) is 3.46. The molecule has 0 radical (unpaired) electrons. The van der Waals surface area contributed by atoms with Gasteiger partial charge in [-0.2, -0.15) is 0 Å². The largest absolute Gasteiger partial charge is 0.464 e. The van der Waals surface area contributed by atoms with Gasteiger partial charge in [-0.05, 0) is 38.0 Å². The van der Waals surface area contributed by atoms with Gasteiger partial charge in [0.05, 0.1) is 6.61 Å². The molecule has 18 heavy (non-hydrogen) atoms. The van der Waals surface area contributed by atoms with Crippen LogP contribution in [0.5, 0.6) is 0 Å². The Balaban J connectivity index is 2.18. The van der Waals surface area contributed by atoms with Crippen LogP contribution >= 0.6 is 0 Å². The van der Waals surface area contributed by atoms with Crippen LogP contribution < -0.4 is 5.32 Å². The molecule has 1 spiro atoms. The van der Waals surface area contributed by atoms with Crippen molar-refractivity contribution in [3.05, 3.63) is 0 Å². The molecule has 4 heteroatoms. The van der Waals surface area contributed by atoms with Crippen molar-refractivity contribution in [2.24, 2.45) is 17.3 Å². The number of ether oxygens (including phenoxy) is 1. The van der Waals surface area contributed by atoms with Crippen LogP contribution in [0.4, 0.5) is 0 Å². The molecule has 1 heterocycles. The minimum absolute atomic E-state index is 0.00481. The molecule has 1 amide bonds. The SMILES string of the molecule is CCOC(=O)C1NC(=O)CC12CCC(C)C(C)C2. The van der Waals surface area contributed by atoms with Gasteiger partial charge in [0.2, 0.25) is 5.91 Å². The summed E-state index contributed by atoms with van der Waals surface area (Å²) in [5.74, 6) is 0.970. The summed E-state index contributed by atoms with van der Waals surface area (Å²) in [6.45, 7) is 6.64. The van der Waals surface area contributed by atoms with E-state index in [1.54, 1.807) is 6.92 Å². The monoisotopic (exact) mass is 253 g/mol. The molecule has 0 aromatic carbocycles. The van der Waals surface area contributed by atoms with E-state index in [0.29, 0.717) is 24.9 Å². The van der Waals surface area contributed by atoms with E-state index >= 15 is 0 Å². The quantitative estimate of drug-likeness (QED) is 0.764. The Hall–Kier alpha value is -1.06. The highest BCUT2D eigenvalue weighted by molar-refractivity contribution is 5.90. The van der Waals surface area contributed by atoms with E-state index in [1.807, 2.05) is 0 Å². The number of carbonyl (C=O) groups is 2. The van der Waals surface area contributed by atoms with E-state index in [9.17, 15) is 9.59 Å². The van der Waals surface area contributed by atoms with Gasteiger partial charge in [-0.1, -0.05) is 13.8 Å². The fourth-order valence-corrected chi connectivity index (χ4v) is 3.49. The summed E-state index contributed by atoms with van der Waals surface area (Å²) >= 11 is 0. The molecule has 102 valence electrons. The fraction of sp³-hybridized carbons (Fsp3) is 0.857. The van der Waals surface area contributed by atoms with Crippen LogP contribution in [-0.4, -0.2) is 24.5 Å². The van der Waals surface area contributed by atoms with Crippen LogP contribution in [0.2, 0.25) is 0 Å². The molecule has 1 aliphatic heterocycles. The molecule has 4 atom stereocenters. The first-order chi connectivity index (χ1) is 8.48. The van der Waals surface area contributed by atoms with Crippen molar-refractivity contribution >= 4 is 11.9 Å². The van der Waals surface area contributed by atoms with E-state index < -0.39 is 6.04 Å². The highest BCUT2D eigenvalue weighted by Crippen LogP contribution is 2.49. The average Bonchev–Trinajstić information content (AvgIpc) is 2.62. The van der Waals surface area contributed by atoms with Crippen LogP contribution in [-0.2, 0) is 14.3 Å². The first-order valence-corrected chi connectivity index (χ1v) is 6.94. The molecular weight excluding hydrogens is 230 g/mol. The predicted octanol–water partition coefficient (Wildman–Crippen LogP) is 1.88. The summed E-state index contributed by atoms with van der Waals surface area (Å²) in [5, 5.41) is 2.82. The van der Waals surface area contributed by atoms with Crippen molar-refractivity contribution in [2.75, 3.05) is 6.61 Å². The van der Waals surface area contributed by atoms with Crippen LogP contribution in [0.3, 0.4) is 0 Å². The van der Waals surface area contributed by atoms with E-state index in [0.717, 1.165) is 19.3 Å². The molecule has 0 bridgehead atoms. The zero-order valence-electron chi connectivity index (χ0n) is 11.5. The summed E-state index contributed by atoms with van der Waals surface area (Å²) < 4.78 is 5.11. The Bertz CT molecular complexity index is 355. The number of hydrogen-bond donors (Lipinski definition) is 1. The number of esters is 1. The summed E-state index contributed by atoms with van der Waals surface area (Å²) in [7, 11) is 0. The molecule has 1 saturated carbocycles. The fourth-order valence-electron chi connectivity index (χ4n) is 3.49. The van der Waals surface area contributed by atoms with Crippen molar-refractivity contribution in [3.63, 3.8) is 0 Å². The third-order valence-corrected chi connectivity index (χ3v) is 4.75. The van der Waals surface area contributed by atoms with Gasteiger partial charge in [-0.3, -0.25) is 4.79 Å². The highest BCUT2D eigenvalue weighted by atomic mass is 16.5. The van der Waals surface area contributed by atoms with E-state index in [1.165, 1.54) is 0 Å². The first kappa shape index (κ1) is 13.4. The van der Waals surface area contributed by atoms with Crippen molar-refractivity contribution in [1.29, 1.82) is 0 Å². The maximum atomic E-state index is 12.0. The number of rotatable bonds is 2. The molecule has 4 nitrogen and oxygen atoms in total. The van der Waals surface area contributed by atoms with E-state index in [2.05, 4.69) is 19.2 Å². The standard InChI is InChI=1S/C14H23NO3/c1-4-18-13(17)12-14(8-11(16)15-12)6-5-9(2)10(3)7-14/h9-10,12H,4-8H2,1-3H3,(H,15,16). The summed E-state index contributed by atoms with van der Waals surface area (Å²) in [5.41, 5.74) is -0.199. The van der Waals surface area contributed by atoms with Crippen molar-refractivity contribution in [2.45, 2.75) is 52.5 Å². The van der Waals surface area contributed by atoms with E-state index in [4.69, 9.17) is 4.74 Å². The lowest BCUT2D eigenvalue weighted by atomic mass is 9.63. The lowest BCUT2D eigenvalue weighted by molar-refractivity contribution is -0.149. The topological polar surface area (TPSA) is 55.4 Å². The van der Waals surface area contributed by atoms with Crippen LogP contribution in [0.25, 0.3) is 0 Å². The zero-order chi connectivity index (χ0) is 13.3. The van der Waals surface area contributed by atoms with Gasteiger partial charge in [0.15, 0.2) is 0 Å². The second kappa shape index (κ2) is 4.90. The second-order valence-electron chi connectivity index (χ2n) is 5.99. The number of carbonyl (C=O) groups excluding carboxylic acids is 2. The third kappa shape index (κ3) is 2.25. The van der Waals surface area contributed by atoms with Gasteiger partial charge in [0.25, 0.3) is 0 Å². The van der Waals surface area contributed by atoms with Gasteiger partial charge in [-0.15, -0.1) is 0 Å². The van der Waals surface area contributed by atoms with E-state index in [-0.39, 0.29) is 17.3 Å². The maximum Gasteiger partial charge on any atom is 0.329 e. The van der Waals surface area contributed by atoms with Gasteiger partial charge in [-0.25, -0.2) is 4.79 Å². The second-order valence-corrected chi connectivity index (χ2v) is 5.99. The molecule has 4 unspecified atom stereocenters.